The lowest BCUT2D eigenvalue weighted by atomic mass is 10.1. The Balaban J connectivity index is 2.01. The molecule has 0 heterocycles. The predicted molar refractivity (Wildman–Crippen MR) is 80.9 cm³/mol. The zero-order chi connectivity index (χ0) is 13.0. The Morgan fingerprint density at radius 2 is 1.67 bits per heavy atom. The van der Waals surface area contributed by atoms with Gasteiger partial charge in [0.2, 0.25) is 0 Å². The topological polar surface area (TPSA) is 12.0 Å². The Morgan fingerprint density at radius 1 is 1.00 bits per heavy atom. The van der Waals surface area contributed by atoms with Gasteiger partial charge in [-0.05, 0) is 25.0 Å². The van der Waals surface area contributed by atoms with E-state index < -0.39 is 0 Å². The molecule has 0 radical (unpaired) electrons. The molecule has 2 rings (SSSR count). The van der Waals surface area contributed by atoms with E-state index in [-0.39, 0.29) is 0 Å². The number of hydrogen-bond acceptors (Lipinski definition) is 1. The second-order valence-electron chi connectivity index (χ2n) is 4.48. The average Bonchev–Trinajstić information content (AvgIpc) is 2.38. The third-order valence-corrected chi connectivity index (χ3v) is 3.39. The third kappa shape index (κ3) is 3.17. The molecule has 0 bridgehead atoms. The molecule has 0 spiro atoms. The standard InChI is InChI=1S/C16H17NS/c1-12-7-9-14(10-8-12)16(18)17-11-15-6-4-3-5-13(15)2/h3-10H,11H2,1-2H3,(H,17,18). The van der Waals surface area contributed by atoms with E-state index in [9.17, 15) is 0 Å². The Labute approximate surface area is 114 Å². The van der Waals surface area contributed by atoms with Crippen LogP contribution in [-0.4, -0.2) is 4.99 Å². The summed E-state index contributed by atoms with van der Waals surface area (Å²) in [4.78, 5) is 0.804. The third-order valence-electron chi connectivity index (χ3n) is 3.01. The maximum absolute atomic E-state index is 5.40. The van der Waals surface area contributed by atoms with Gasteiger partial charge in [0.1, 0.15) is 4.99 Å². The van der Waals surface area contributed by atoms with Crippen LogP contribution in [0.2, 0.25) is 0 Å². The lowest BCUT2D eigenvalue weighted by Crippen LogP contribution is -2.22. The second-order valence-corrected chi connectivity index (χ2v) is 4.88. The summed E-state index contributed by atoms with van der Waals surface area (Å²) in [6, 6.07) is 16.6. The molecule has 0 aliphatic rings. The van der Waals surface area contributed by atoms with E-state index in [0.717, 1.165) is 17.1 Å². The van der Waals surface area contributed by atoms with Gasteiger partial charge in [0, 0.05) is 12.1 Å². The molecule has 2 aromatic carbocycles. The summed E-state index contributed by atoms with van der Waals surface area (Å²) in [7, 11) is 0. The van der Waals surface area contributed by atoms with E-state index in [1.165, 1.54) is 16.7 Å². The first-order chi connectivity index (χ1) is 8.66. The van der Waals surface area contributed by atoms with Gasteiger partial charge in [-0.1, -0.05) is 66.3 Å². The molecule has 0 amide bonds. The number of rotatable bonds is 3. The maximum Gasteiger partial charge on any atom is 0.106 e. The highest BCUT2D eigenvalue weighted by atomic mass is 32.1. The minimum Gasteiger partial charge on any atom is -0.372 e. The SMILES string of the molecule is Cc1ccc(C(=S)NCc2ccccc2C)cc1. The van der Waals surface area contributed by atoms with Crippen LogP contribution in [0.1, 0.15) is 22.3 Å². The molecule has 92 valence electrons. The van der Waals surface area contributed by atoms with Crippen LogP contribution in [-0.2, 0) is 6.54 Å². The lowest BCUT2D eigenvalue weighted by Gasteiger charge is -2.10. The fraction of sp³-hybridized carbons (Fsp3) is 0.188. The largest absolute Gasteiger partial charge is 0.372 e. The van der Waals surface area contributed by atoms with Crippen molar-refractivity contribution in [1.29, 1.82) is 0 Å². The summed E-state index contributed by atoms with van der Waals surface area (Å²) in [5, 5.41) is 3.31. The predicted octanol–water partition coefficient (Wildman–Crippen LogP) is 3.77. The van der Waals surface area contributed by atoms with Gasteiger partial charge in [0.05, 0.1) is 0 Å². The van der Waals surface area contributed by atoms with Gasteiger partial charge < -0.3 is 5.32 Å². The van der Waals surface area contributed by atoms with Crippen molar-refractivity contribution >= 4 is 17.2 Å². The number of aryl methyl sites for hydroxylation is 2. The van der Waals surface area contributed by atoms with Crippen LogP contribution in [0, 0.1) is 13.8 Å². The quantitative estimate of drug-likeness (QED) is 0.838. The normalized spacial score (nSPS) is 10.1. The van der Waals surface area contributed by atoms with Crippen LogP contribution in [0.25, 0.3) is 0 Å². The number of nitrogens with one attached hydrogen (secondary N) is 1. The van der Waals surface area contributed by atoms with Crippen molar-refractivity contribution in [3.8, 4) is 0 Å². The van der Waals surface area contributed by atoms with Crippen molar-refractivity contribution in [2.75, 3.05) is 0 Å². The van der Waals surface area contributed by atoms with Gasteiger partial charge in [-0.3, -0.25) is 0 Å². The van der Waals surface area contributed by atoms with Crippen LogP contribution in [0.15, 0.2) is 48.5 Å². The highest BCUT2D eigenvalue weighted by Gasteiger charge is 2.01. The maximum atomic E-state index is 5.40. The van der Waals surface area contributed by atoms with E-state index in [1.807, 2.05) is 0 Å². The van der Waals surface area contributed by atoms with Gasteiger partial charge in [0.15, 0.2) is 0 Å². The summed E-state index contributed by atoms with van der Waals surface area (Å²) in [5.74, 6) is 0. The molecular weight excluding hydrogens is 238 g/mol. The number of thiocarbonyl (C=S) groups is 1. The van der Waals surface area contributed by atoms with Gasteiger partial charge in [-0.2, -0.15) is 0 Å². The monoisotopic (exact) mass is 255 g/mol. The summed E-state index contributed by atoms with van der Waals surface area (Å²) in [6.45, 7) is 4.97. The van der Waals surface area contributed by atoms with Crippen molar-refractivity contribution in [3.63, 3.8) is 0 Å². The van der Waals surface area contributed by atoms with Crippen molar-refractivity contribution in [1.82, 2.24) is 5.32 Å². The molecule has 2 heteroatoms. The van der Waals surface area contributed by atoms with E-state index >= 15 is 0 Å². The average molecular weight is 255 g/mol. The molecule has 18 heavy (non-hydrogen) atoms. The summed E-state index contributed by atoms with van der Waals surface area (Å²) in [6.07, 6.45) is 0. The molecule has 2 aromatic rings. The minimum absolute atomic E-state index is 0.777. The first-order valence-electron chi connectivity index (χ1n) is 6.06. The van der Waals surface area contributed by atoms with Gasteiger partial charge >= 0.3 is 0 Å². The minimum atomic E-state index is 0.777. The highest BCUT2D eigenvalue weighted by molar-refractivity contribution is 7.80. The van der Waals surface area contributed by atoms with Gasteiger partial charge in [-0.25, -0.2) is 0 Å². The van der Waals surface area contributed by atoms with E-state index in [2.05, 4.69) is 67.7 Å². The number of benzene rings is 2. The van der Waals surface area contributed by atoms with E-state index in [0.29, 0.717) is 0 Å². The zero-order valence-corrected chi connectivity index (χ0v) is 11.6. The molecule has 0 atom stereocenters. The molecule has 0 aromatic heterocycles. The Bertz CT molecular complexity index is 543. The molecule has 0 aliphatic heterocycles. The molecule has 0 fully saturated rings. The van der Waals surface area contributed by atoms with Gasteiger partial charge in [-0.15, -0.1) is 0 Å². The molecule has 0 unspecified atom stereocenters. The van der Waals surface area contributed by atoms with Crippen molar-refractivity contribution in [3.05, 3.63) is 70.8 Å². The Kier molecular flexibility index (Phi) is 4.11. The smallest absolute Gasteiger partial charge is 0.106 e. The summed E-state index contributed by atoms with van der Waals surface area (Å²) >= 11 is 5.40. The summed E-state index contributed by atoms with van der Waals surface area (Å²) < 4.78 is 0. The van der Waals surface area contributed by atoms with Crippen LogP contribution >= 0.6 is 12.2 Å². The molecule has 0 aliphatic carbocycles. The molecule has 1 N–H and O–H groups in total. The first-order valence-corrected chi connectivity index (χ1v) is 6.47. The Morgan fingerprint density at radius 3 is 2.33 bits per heavy atom. The van der Waals surface area contributed by atoms with E-state index in [1.54, 1.807) is 0 Å². The van der Waals surface area contributed by atoms with Crippen molar-refractivity contribution in [2.24, 2.45) is 0 Å². The second kappa shape index (κ2) is 5.78. The van der Waals surface area contributed by atoms with Crippen LogP contribution in [0.4, 0.5) is 0 Å². The fourth-order valence-electron chi connectivity index (χ4n) is 1.79. The molecule has 0 saturated carbocycles. The van der Waals surface area contributed by atoms with E-state index in [4.69, 9.17) is 12.2 Å². The van der Waals surface area contributed by atoms with Gasteiger partial charge in [0.25, 0.3) is 0 Å². The summed E-state index contributed by atoms with van der Waals surface area (Å²) in [5.41, 5.74) is 4.90. The zero-order valence-electron chi connectivity index (χ0n) is 10.7. The fourth-order valence-corrected chi connectivity index (χ4v) is 2.00. The lowest BCUT2D eigenvalue weighted by molar-refractivity contribution is 0.918. The highest BCUT2D eigenvalue weighted by Crippen LogP contribution is 2.08. The van der Waals surface area contributed by atoms with Crippen molar-refractivity contribution in [2.45, 2.75) is 20.4 Å². The molecule has 0 saturated heterocycles. The van der Waals surface area contributed by atoms with Crippen LogP contribution in [0.3, 0.4) is 0 Å². The molecule has 1 nitrogen and oxygen atoms in total. The number of hydrogen-bond donors (Lipinski definition) is 1. The van der Waals surface area contributed by atoms with Crippen LogP contribution < -0.4 is 5.32 Å². The van der Waals surface area contributed by atoms with Crippen molar-refractivity contribution < 1.29 is 0 Å². The Hall–Kier alpha value is -1.67. The van der Waals surface area contributed by atoms with Crippen LogP contribution in [0.5, 0.6) is 0 Å². The molecular formula is C16H17NS. The first kappa shape index (κ1) is 12.8.